The molecule has 0 radical (unpaired) electrons. The first-order chi connectivity index (χ1) is 12.5. The fraction of sp³-hybridized carbons (Fsp3) is 0.250. The minimum absolute atomic E-state index is 0.351. The van der Waals surface area contributed by atoms with Crippen molar-refractivity contribution in [3.05, 3.63) is 65.7 Å². The molecule has 0 aliphatic carbocycles. The maximum Gasteiger partial charge on any atom is 0.181 e. The maximum absolute atomic E-state index is 12.8. The van der Waals surface area contributed by atoms with E-state index in [9.17, 15) is 8.42 Å². The smallest absolute Gasteiger partial charge is 0.181 e. The van der Waals surface area contributed by atoms with Crippen LogP contribution in [-0.2, 0) is 9.84 Å². The van der Waals surface area contributed by atoms with Crippen LogP contribution >= 0.6 is 11.6 Å². The van der Waals surface area contributed by atoms with Crippen LogP contribution in [0.4, 0.5) is 5.82 Å². The molecule has 3 aromatic rings. The van der Waals surface area contributed by atoms with E-state index in [1.807, 2.05) is 30.3 Å². The van der Waals surface area contributed by atoms with Crippen LogP contribution in [-0.4, -0.2) is 31.7 Å². The minimum Gasteiger partial charge on any atom is -0.357 e. The normalized spacial score (nSPS) is 16.1. The molecule has 0 atom stereocenters. The summed E-state index contributed by atoms with van der Waals surface area (Å²) in [6.45, 7) is 1.37. The van der Waals surface area contributed by atoms with E-state index in [1.54, 1.807) is 24.3 Å². The van der Waals surface area contributed by atoms with Crippen molar-refractivity contribution < 1.29 is 8.42 Å². The number of nitrogens with zero attached hydrogens (tertiary/aromatic N) is 2. The van der Waals surface area contributed by atoms with Crippen molar-refractivity contribution in [1.29, 1.82) is 0 Å². The number of fused-ring (bicyclic) bond motifs is 1. The number of hydrogen-bond acceptors (Lipinski definition) is 4. The van der Waals surface area contributed by atoms with E-state index in [4.69, 9.17) is 16.6 Å². The van der Waals surface area contributed by atoms with Gasteiger partial charge in [-0.3, -0.25) is 0 Å². The molecule has 0 bridgehead atoms. The molecule has 1 fully saturated rings. The van der Waals surface area contributed by atoms with Crippen LogP contribution in [0.2, 0.25) is 5.02 Å². The summed E-state index contributed by atoms with van der Waals surface area (Å²) in [5, 5.41) is 1.29. The lowest BCUT2D eigenvalue weighted by Gasteiger charge is -2.32. The Bertz CT molecular complexity index is 1030. The monoisotopic (exact) mass is 386 g/mol. The second-order valence-corrected chi connectivity index (χ2v) is 9.21. The van der Waals surface area contributed by atoms with Crippen molar-refractivity contribution in [3.8, 4) is 0 Å². The SMILES string of the molecule is O=S(=O)(c1ccc(Cl)cc1)C1CCN(c2ccc3ccccc3n2)CC1. The van der Waals surface area contributed by atoms with Gasteiger partial charge in [-0.1, -0.05) is 29.8 Å². The quantitative estimate of drug-likeness (QED) is 0.672. The second-order valence-electron chi connectivity index (χ2n) is 6.55. The Kier molecular flexibility index (Phi) is 4.59. The zero-order valence-corrected chi connectivity index (χ0v) is 15.7. The average molecular weight is 387 g/mol. The third-order valence-corrected chi connectivity index (χ3v) is 7.46. The summed E-state index contributed by atoms with van der Waals surface area (Å²) in [6, 6.07) is 18.5. The lowest BCUT2D eigenvalue weighted by atomic mass is 10.1. The molecule has 2 heterocycles. The molecular weight excluding hydrogens is 368 g/mol. The number of anilines is 1. The highest BCUT2D eigenvalue weighted by Gasteiger charge is 2.31. The Morgan fingerprint density at radius 3 is 2.35 bits per heavy atom. The predicted molar refractivity (Wildman–Crippen MR) is 106 cm³/mol. The second kappa shape index (κ2) is 6.89. The molecule has 0 unspecified atom stereocenters. The van der Waals surface area contributed by atoms with Gasteiger partial charge in [0.25, 0.3) is 0 Å². The van der Waals surface area contributed by atoms with Crippen LogP contribution in [0.3, 0.4) is 0 Å². The number of benzene rings is 2. The molecule has 1 aromatic heterocycles. The van der Waals surface area contributed by atoms with Crippen molar-refractivity contribution in [3.63, 3.8) is 0 Å². The van der Waals surface area contributed by atoms with E-state index < -0.39 is 9.84 Å². The van der Waals surface area contributed by atoms with Crippen LogP contribution in [0.15, 0.2) is 65.6 Å². The van der Waals surface area contributed by atoms with Gasteiger partial charge in [-0.25, -0.2) is 13.4 Å². The van der Waals surface area contributed by atoms with Crippen molar-refractivity contribution in [2.45, 2.75) is 23.0 Å². The molecule has 1 saturated heterocycles. The van der Waals surface area contributed by atoms with Crippen LogP contribution < -0.4 is 4.90 Å². The Labute approximate surface area is 158 Å². The number of halogens is 1. The third-order valence-electron chi connectivity index (χ3n) is 4.93. The lowest BCUT2D eigenvalue weighted by Crippen LogP contribution is -2.39. The average Bonchev–Trinajstić information content (AvgIpc) is 2.68. The van der Waals surface area contributed by atoms with Crippen molar-refractivity contribution >= 4 is 38.2 Å². The van der Waals surface area contributed by atoms with Gasteiger partial charge in [-0.05, 0) is 55.3 Å². The number of para-hydroxylation sites is 1. The summed E-state index contributed by atoms with van der Waals surface area (Å²) in [4.78, 5) is 7.23. The molecule has 0 saturated carbocycles. The van der Waals surface area contributed by atoms with Gasteiger partial charge in [0, 0.05) is 23.5 Å². The Hall–Kier alpha value is -2.11. The summed E-state index contributed by atoms with van der Waals surface area (Å²) in [5.74, 6) is 0.908. The largest absolute Gasteiger partial charge is 0.357 e. The molecule has 2 aromatic carbocycles. The minimum atomic E-state index is -3.32. The van der Waals surface area contributed by atoms with Crippen LogP contribution in [0.5, 0.6) is 0 Å². The number of hydrogen-bond donors (Lipinski definition) is 0. The molecule has 0 N–H and O–H groups in total. The number of aromatic nitrogens is 1. The summed E-state index contributed by atoms with van der Waals surface area (Å²) in [6.07, 6.45) is 1.19. The molecule has 6 heteroatoms. The standard InChI is InChI=1S/C20H19ClN2O2S/c21-16-6-8-17(9-7-16)26(24,25)18-11-13-23(14-12-18)20-10-5-15-3-1-2-4-19(15)22-20/h1-10,18H,11-14H2. The molecule has 1 aliphatic rings. The first kappa shape index (κ1) is 17.3. The van der Waals surface area contributed by atoms with E-state index >= 15 is 0 Å². The molecule has 0 spiro atoms. The topological polar surface area (TPSA) is 50.3 Å². The van der Waals surface area contributed by atoms with E-state index in [1.165, 1.54) is 0 Å². The molecule has 4 rings (SSSR count). The number of pyridine rings is 1. The van der Waals surface area contributed by atoms with Crippen molar-refractivity contribution in [2.75, 3.05) is 18.0 Å². The maximum atomic E-state index is 12.8. The van der Waals surface area contributed by atoms with E-state index in [0.717, 1.165) is 16.7 Å². The Morgan fingerprint density at radius 2 is 1.62 bits per heavy atom. The highest BCUT2D eigenvalue weighted by Crippen LogP contribution is 2.28. The molecule has 4 nitrogen and oxygen atoms in total. The first-order valence-corrected chi connectivity index (χ1v) is 10.6. The number of rotatable bonds is 3. The number of sulfone groups is 1. The van der Waals surface area contributed by atoms with E-state index in [2.05, 4.69) is 11.0 Å². The Morgan fingerprint density at radius 1 is 0.923 bits per heavy atom. The zero-order chi connectivity index (χ0) is 18.1. The van der Waals surface area contributed by atoms with Crippen LogP contribution in [0.1, 0.15) is 12.8 Å². The summed E-state index contributed by atoms with van der Waals surface area (Å²) >= 11 is 5.87. The van der Waals surface area contributed by atoms with Gasteiger partial charge in [-0.15, -0.1) is 0 Å². The van der Waals surface area contributed by atoms with Gasteiger partial charge in [0.2, 0.25) is 0 Å². The molecule has 0 amide bonds. The zero-order valence-electron chi connectivity index (χ0n) is 14.2. The van der Waals surface area contributed by atoms with Gasteiger partial charge in [-0.2, -0.15) is 0 Å². The fourth-order valence-corrected chi connectivity index (χ4v) is 5.30. The van der Waals surface area contributed by atoms with Gasteiger partial charge < -0.3 is 4.90 Å². The highest BCUT2D eigenvalue weighted by atomic mass is 35.5. The molecule has 1 aliphatic heterocycles. The summed E-state index contributed by atoms with van der Waals surface area (Å²) in [7, 11) is -3.32. The number of piperidine rings is 1. The Balaban J connectivity index is 1.50. The third kappa shape index (κ3) is 3.29. The van der Waals surface area contributed by atoms with Crippen molar-refractivity contribution in [2.24, 2.45) is 0 Å². The van der Waals surface area contributed by atoms with Gasteiger partial charge in [0.05, 0.1) is 15.7 Å². The first-order valence-electron chi connectivity index (χ1n) is 8.64. The van der Waals surface area contributed by atoms with Gasteiger partial charge in [0.15, 0.2) is 9.84 Å². The molecule has 26 heavy (non-hydrogen) atoms. The van der Waals surface area contributed by atoms with E-state index in [-0.39, 0.29) is 5.25 Å². The van der Waals surface area contributed by atoms with E-state index in [0.29, 0.717) is 35.8 Å². The summed E-state index contributed by atoms with van der Waals surface area (Å²) < 4.78 is 25.7. The molecule has 134 valence electrons. The summed E-state index contributed by atoms with van der Waals surface area (Å²) in [5.41, 5.74) is 0.959. The van der Waals surface area contributed by atoms with Gasteiger partial charge in [0.1, 0.15) is 5.82 Å². The van der Waals surface area contributed by atoms with Crippen molar-refractivity contribution in [1.82, 2.24) is 4.98 Å². The van der Waals surface area contributed by atoms with Crippen LogP contribution in [0.25, 0.3) is 10.9 Å². The molecular formula is C20H19ClN2O2S. The lowest BCUT2D eigenvalue weighted by molar-refractivity contribution is 0.528. The van der Waals surface area contributed by atoms with Crippen LogP contribution in [0, 0.1) is 0 Å². The highest BCUT2D eigenvalue weighted by molar-refractivity contribution is 7.92. The predicted octanol–water partition coefficient (Wildman–Crippen LogP) is 4.33. The fourth-order valence-electron chi connectivity index (χ4n) is 3.44. The van der Waals surface area contributed by atoms with Gasteiger partial charge >= 0.3 is 0 Å².